The van der Waals surface area contributed by atoms with Gasteiger partial charge in [0.25, 0.3) is 0 Å². The first kappa shape index (κ1) is 14.2. The molecule has 1 atom stereocenters. The molecule has 2 rings (SSSR count). The first-order valence-electron chi connectivity index (χ1n) is 7.27. The molecule has 0 amide bonds. The normalized spacial score (nSPS) is 17.9. The molecule has 1 aromatic rings. The lowest BCUT2D eigenvalue weighted by molar-refractivity contribution is 0.409. The van der Waals surface area contributed by atoms with E-state index < -0.39 is 0 Å². The summed E-state index contributed by atoms with van der Waals surface area (Å²) in [5.41, 5.74) is 2.75. The van der Waals surface area contributed by atoms with Crippen LogP contribution in [0.5, 0.6) is 5.75 Å². The van der Waals surface area contributed by atoms with Crippen LogP contribution in [-0.4, -0.2) is 32.8 Å². The van der Waals surface area contributed by atoms with Gasteiger partial charge in [0.1, 0.15) is 5.75 Å². The van der Waals surface area contributed by atoms with Crippen molar-refractivity contribution < 1.29 is 4.74 Å². The summed E-state index contributed by atoms with van der Waals surface area (Å²) in [6.07, 6.45) is 3.57. The van der Waals surface area contributed by atoms with Crippen LogP contribution in [0.3, 0.4) is 0 Å². The van der Waals surface area contributed by atoms with E-state index >= 15 is 0 Å². The molecule has 0 saturated carbocycles. The van der Waals surface area contributed by atoms with Gasteiger partial charge < -0.3 is 15.0 Å². The van der Waals surface area contributed by atoms with E-state index in [0.29, 0.717) is 12.1 Å². The molecule has 1 aliphatic heterocycles. The van der Waals surface area contributed by atoms with Gasteiger partial charge in [-0.2, -0.15) is 0 Å². The molecular weight excluding hydrogens is 236 g/mol. The number of hydrogen-bond donors (Lipinski definition) is 1. The minimum atomic E-state index is 0.535. The molecule has 1 aliphatic rings. The van der Waals surface area contributed by atoms with Crippen molar-refractivity contribution in [2.24, 2.45) is 0 Å². The average Bonchev–Trinajstić information content (AvgIpc) is 2.77. The third-order valence-electron chi connectivity index (χ3n) is 3.96. The molecule has 0 fully saturated rings. The Bertz CT molecular complexity index is 417. The molecule has 106 valence electrons. The van der Waals surface area contributed by atoms with Crippen LogP contribution in [-0.2, 0) is 6.42 Å². The van der Waals surface area contributed by atoms with E-state index in [1.54, 1.807) is 7.11 Å². The summed E-state index contributed by atoms with van der Waals surface area (Å²) < 4.78 is 5.52. The lowest BCUT2D eigenvalue weighted by Gasteiger charge is -2.31. The molecule has 0 spiro atoms. The van der Waals surface area contributed by atoms with Gasteiger partial charge in [-0.1, -0.05) is 6.07 Å². The second kappa shape index (κ2) is 6.29. The highest BCUT2D eigenvalue weighted by Crippen LogP contribution is 2.40. The summed E-state index contributed by atoms with van der Waals surface area (Å²) in [5.74, 6) is 1.04. The molecule has 0 saturated heterocycles. The zero-order chi connectivity index (χ0) is 13.8. The maximum Gasteiger partial charge on any atom is 0.124 e. The van der Waals surface area contributed by atoms with Gasteiger partial charge in [0, 0.05) is 23.3 Å². The van der Waals surface area contributed by atoms with Crippen LogP contribution in [0.1, 0.15) is 32.3 Å². The number of methoxy groups -OCH3 is 1. The Labute approximate surface area is 116 Å². The number of hydrogen-bond acceptors (Lipinski definition) is 3. The number of nitrogens with zero attached hydrogens (tertiary/aromatic N) is 1. The largest absolute Gasteiger partial charge is 0.496 e. The number of nitrogens with one attached hydrogen (secondary N) is 1. The van der Waals surface area contributed by atoms with Crippen LogP contribution in [0.15, 0.2) is 18.2 Å². The van der Waals surface area contributed by atoms with E-state index in [1.807, 2.05) is 7.05 Å². The average molecular weight is 262 g/mol. The lowest BCUT2D eigenvalue weighted by Crippen LogP contribution is -2.38. The highest BCUT2D eigenvalue weighted by molar-refractivity contribution is 5.65. The molecule has 19 heavy (non-hydrogen) atoms. The van der Waals surface area contributed by atoms with E-state index in [0.717, 1.165) is 18.7 Å². The Morgan fingerprint density at radius 3 is 2.84 bits per heavy atom. The Morgan fingerprint density at radius 1 is 1.42 bits per heavy atom. The zero-order valence-corrected chi connectivity index (χ0v) is 12.6. The van der Waals surface area contributed by atoms with Gasteiger partial charge in [0.2, 0.25) is 0 Å². The summed E-state index contributed by atoms with van der Waals surface area (Å²) in [5, 5.41) is 3.24. The molecule has 1 aromatic carbocycles. The van der Waals surface area contributed by atoms with Gasteiger partial charge in [0.05, 0.1) is 7.11 Å². The van der Waals surface area contributed by atoms with E-state index in [9.17, 15) is 0 Å². The monoisotopic (exact) mass is 262 g/mol. The van der Waals surface area contributed by atoms with Crippen molar-refractivity contribution in [1.82, 2.24) is 5.32 Å². The Hall–Kier alpha value is -1.22. The molecule has 0 bridgehead atoms. The standard InChI is InChI=1S/C16H26N2O/c1-12(2)18-13(7-6-10-17-3)11-14-15(18)8-5-9-16(14)19-4/h5,8-9,12-13,17H,6-7,10-11H2,1-4H3. The maximum atomic E-state index is 5.52. The zero-order valence-electron chi connectivity index (χ0n) is 12.6. The number of rotatable bonds is 6. The molecule has 0 aliphatic carbocycles. The predicted molar refractivity (Wildman–Crippen MR) is 81.3 cm³/mol. The molecule has 1 unspecified atom stereocenters. The minimum Gasteiger partial charge on any atom is -0.496 e. The van der Waals surface area contributed by atoms with E-state index in [2.05, 4.69) is 42.3 Å². The molecule has 0 radical (unpaired) electrons. The summed E-state index contributed by atoms with van der Waals surface area (Å²) >= 11 is 0. The van der Waals surface area contributed by atoms with Crippen LogP contribution in [0.4, 0.5) is 5.69 Å². The van der Waals surface area contributed by atoms with Crippen LogP contribution in [0.2, 0.25) is 0 Å². The fraction of sp³-hybridized carbons (Fsp3) is 0.625. The first-order chi connectivity index (χ1) is 9.19. The van der Waals surface area contributed by atoms with Gasteiger partial charge in [-0.15, -0.1) is 0 Å². The van der Waals surface area contributed by atoms with Gasteiger partial charge >= 0.3 is 0 Å². The van der Waals surface area contributed by atoms with Crippen LogP contribution < -0.4 is 15.0 Å². The van der Waals surface area contributed by atoms with Crippen molar-refractivity contribution in [3.63, 3.8) is 0 Å². The predicted octanol–water partition coefficient (Wildman–Crippen LogP) is 2.83. The second-order valence-electron chi connectivity index (χ2n) is 5.56. The van der Waals surface area contributed by atoms with E-state index in [-0.39, 0.29) is 0 Å². The molecule has 0 aromatic heterocycles. The smallest absolute Gasteiger partial charge is 0.124 e. The van der Waals surface area contributed by atoms with Gasteiger partial charge in [-0.25, -0.2) is 0 Å². The summed E-state index contributed by atoms with van der Waals surface area (Å²) in [6, 6.07) is 7.55. The maximum absolute atomic E-state index is 5.52. The third kappa shape index (κ3) is 2.86. The minimum absolute atomic E-state index is 0.535. The highest BCUT2D eigenvalue weighted by Gasteiger charge is 2.32. The summed E-state index contributed by atoms with van der Waals surface area (Å²) in [7, 11) is 3.79. The highest BCUT2D eigenvalue weighted by atomic mass is 16.5. The SMILES string of the molecule is CNCCCC1Cc2c(OC)cccc2N1C(C)C. The van der Waals surface area contributed by atoms with Crippen LogP contribution in [0, 0.1) is 0 Å². The van der Waals surface area contributed by atoms with Crippen molar-refractivity contribution in [1.29, 1.82) is 0 Å². The van der Waals surface area contributed by atoms with Crippen molar-refractivity contribution in [2.45, 2.75) is 45.2 Å². The van der Waals surface area contributed by atoms with Crippen molar-refractivity contribution in [3.8, 4) is 5.75 Å². The van der Waals surface area contributed by atoms with Crippen molar-refractivity contribution in [2.75, 3.05) is 25.6 Å². The number of benzene rings is 1. The Balaban J connectivity index is 2.21. The lowest BCUT2D eigenvalue weighted by atomic mass is 10.0. The van der Waals surface area contributed by atoms with E-state index in [4.69, 9.17) is 4.74 Å². The van der Waals surface area contributed by atoms with Gasteiger partial charge in [-0.05, 0) is 58.8 Å². The Kier molecular flexibility index (Phi) is 4.70. The summed E-state index contributed by atoms with van der Waals surface area (Å²) in [6.45, 7) is 5.65. The fourth-order valence-corrected chi connectivity index (χ4v) is 3.18. The van der Waals surface area contributed by atoms with Gasteiger partial charge in [-0.3, -0.25) is 0 Å². The van der Waals surface area contributed by atoms with Crippen LogP contribution >= 0.6 is 0 Å². The molecule has 3 heteroatoms. The second-order valence-corrected chi connectivity index (χ2v) is 5.56. The molecular formula is C16H26N2O. The van der Waals surface area contributed by atoms with Crippen LogP contribution in [0.25, 0.3) is 0 Å². The molecule has 1 heterocycles. The number of ether oxygens (including phenoxy) is 1. The van der Waals surface area contributed by atoms with Crippen molar-refractivity contribution >= 4 is 5.69 Å². The number of anilines is 1. The molecule has 3 nitrogen and oxygen atoms in total. The first-order valence-corrected chi connectivity index (χ1v) is 7.27. The molecule has 1 N–H and O–H groups in total. The Morgan fingerprint density at radius 2 is 2.21 bits per heavy atom. The summed E-state index contributed by atoms with van der Waals surface area (Å²) in [4.78, 5) is 2.56. The van der Waals surface area contributed by atoms with Gasteiger partial charge in [0.15, 0.2) is 0 Å². The number of fused-ring (bicyclic) bond motifs is 1. The fourth-order valence-electron chi connectivity index (χ4n) is 3.18. The third-order valence-corrected chi connectivity index (χ3v) is 3.96. The van der Waals surface area contributed by atoms with Crippen molar-refractivity contribution in [3.05, 3.63) is 23.8 Å². The van der Waals surface area contributed by atoms with E-state index in [1.165, 1.54) is 24.1 Å². The topological polar surface area (TPSA) is 24.5 Å². The quantitative estimate of drug-likeness (QED) is 0.798.